The van der Waals surface area contributed by atoms with E-state index in [1.165, 1.54) is 19.2 Å². The van der Waals surface area contributed by atoms with Crippen molar-refractivity contribution in [2.24, 2.45) is 0 Å². The Morgan fingerprint density at radius 2 is 1.94 bits per heavy atom. The van der Waals surface area contributed by atoms with E-state index in [2.05, 4.69) is 15.3 Å². The largest absolute Gasteiger partial charge is 0.469 e. The molecular formula is C21H23F4N3O4. The van der Waals surface area contributed by atoms with E-state index in [9.17, 15) is 22.4 Å². The number of esters is 1. The van der Waals surface area contributed by atoms with Crippen molar-refractivity contribution in [3.8, 4) is 0 Å². The van der Waals surface area contributed by atoms with Gasteiger partial charge in [0.05, 0.1) is 49.6 Å². The third kappa shape index (κ3) is 5.33. The number of anilines is 1. The molecular weight excluding hydrogens is 434 g/mol. The van der Waals surface area contributed by atoms with E-state index in [1.54, 1.807) is 6.92 Å². The number of alkyl halides is 3. The molecule has 0 unspecified atom stereocenters. The lowest BCUT2D eigenvalue weighted by atomic mass is 10.0. The van der Waals surface area contributed by atoms with Gasteiger partial charge in [-0.25, -0.2) is 27.5 Å². The summed E-state index contributed by atoms with van der Waals surface area (Å²) in [6, 6.07) is 2.05. The SMILES string of the molecule is COC(=O)Cc1nc(C)nc(N[C@H](CF)c2cccc(C(F)F)c2F)c1C1OCCCO1. The number of ether oxygens (including phenoxy) is 3. The number of carbonyl (C=O) groups excluding carboxylic acids is 1. The van der Waals surface area contributed by atoms with Crippen LogP contribution in [0.1, 0.15) is 53.4 Å². The van der Waals surface area contributed by atoms with Crippen molar-refractivity contribution < 1.29 is 36.6 Å². The van der Waals surface area contributed by atoms with Gasteiger partial charge < -0.3 is 19.5 Å². The molecule has 11 heteroatoms. The maximum absolute atomic E-state index is 14.7. The zero-order chi connectivity index (χ0) is 23.3. The molecule has 1 atom stereocenters. The molecule has 1 aliphatic heterocycles. The number of methoxy groups -OCH3 is 1. The number of carbonyl (C=O) groups is 1. The molecule has 1 saturated heterocycles. The topological polar surface area (TPSA) is 82.6 Å². The molecule has 0 saturated carbocycles. The van der Waals surface area contributed by atoms with Crippen molar-refractivity contribution in [3.63, 3.8) is 0 Å². The Morgan fingerprint density at radius 1 is 1.25 bits per heavy atom. The molecule has 1 aliphatic rings. The molecule has 2 aromatic rings. The molecule has 0 bridgehead atoms. The van der Waals surface area contributed by atoms with E-state index >= 15 is 0 Å². The van der Waals surface area contributed by atoms with Crippen LogP contribution in [0.25, 0.3) is 0 Å². The highest BCUT2D eigenvalue weighted by molar-refractivity contribution is 5.73. The first-order valence-electron chi connectivity index (χ1n) is 9.92. The number of benzene rings is 1. The highest BCUT2D eigenvalue weighted by Gasteiger charge is 2.29. The maximum Gasteiger partial charge on any atom is 0.311 e. The van der Waals surface area contributed by atoms with E-state index in [4.69, 9.17) is 14.2 Å². The minimum Gasteiger partial charge on any atom is -0.469 e. The first-order chi connectivity index (χ1) is 15.3. The lowest BCUT2D eigenvalue weighted by Gasteiger charge is -2.28. The van der Waals surface area contributed by atoms with Crippen LogP contribution in [0.4, 0.5) is 23.4 Å². The highest BCUT2D eigenvalue weighted by Crippen LogP contribution is 2.34. The Hall–Kier alpha value is -2.79. The van der Waals surface area contributed by atoms with Crippen LogP contribution >= 0.6 is 0 Å². The Morgan fingerprint density at radius 3 is 2.56 bits per heavy atom. The monoisotopic (exact) mass is 457 g/mol. The Balaban J connectivity index is 2.05. The molecule has 1 aromatic carbocycles. The van der Waals surface area contributed by atoms with Gasteiger partial charge in [0.15, 0.2) is 6.29 Å². The van der Waals surface area contributed by atoms with Crippen molar-refractivity contribution in [1.29, 1.82) is 0 Å². The van der Waals surface area contributed by atoms with Crippen LogP contribution in [0, 0.1) is 12.7 Å². The van der Waals surface area contributed by atoms with Crippen molar-refractivity contribution in [1.82, 2.24) is 9.97 Å². The Bertz CT molecular complexity index is 955. The van der Waals surface area contributed by atoms with Crippen LogP contribution in [0.5, 0.6) is 0 Å². The smallest absolute Gasteiger partial charge is 0.311 e. The summed E-state index contributed by atoms with van der Waals surface area (Å²) >= 11 is 0. The molecule has 2 heterocycles. The lowest BCUT2D eigenvalue weighted by molar-refractivity contribution is -0.183. The molecule has 1 fully saturated rings. The molecule has 0 spiro atoms. The van der Waals surface area contributed by atoms with Crippen molar-refractivity contribution in [3.05, 3.63) is 52.2 Å². The van der Waals surface area contributed by atoms with E-state index in [0.717, 1.165) is 6.07 Å². The summed E-state index contributed by atoms with van der Waals surface area (Å²) in [5.41, 5.74) is -0.637. The van der Waals surface area contributed by atoms with Gasteiger partial charge in [-0.15, -0.1) is 0 Å². The molecule has 0 aliphatic carbocycles. The van der Waals surface area contributed by atoms with E-state index in [1.807, 2.05) is 0 Å². The summed E-state index contributed by atoms with van der Waals surface area (Å²) in [4.78, 5) is 20.5. The molecule has 3 rings (SSSR count). The zero-order valence-corrected chi connectivity index (χ0v) is 17.5. The predicted molar refractivity (Wildman–Crippen MR) is 105 cm³/mol. The summed E-state index contributed by atoms with van der Waals surface area (Å²) in [5, 5.41) is 2.77. The second-order valence-corrected chi connectivity index (χ2v) is 7.06. The number of halogens is 4. The molecule has 0 radical (unpaired) electrons. The van der Waals surface area contributed by atoms with E-state index < -0.39 is 42.8 Å². The molecule has 1 N–H and O–H groups in total. The number of hydrogen-bond acceptors (Lipinski definition) is 7. The normalized spacial score (nSPS) is 15.6. The van der Waals surface area contributed by atoms with Gasteiger partial charge in [-0.1, -0.05) is 18.2 Å². The molecule has 32 heavy (non-hydrogen) atoms. The first-order valence-corrected chi connectivity index (χ1v) is 9.92. The lowest BCUT2D eigenvalue weighted by Crippen LogP contribution is -2.25. The Labute approximate surface area is 182 Å². The van der Waals surface area contributed by atoms with Gasteiger partial charge in [0.2, 0.25) is 0 Å². The van der Waals surface area contributed by atoms with Gasteiger partial charge in [-0.3, -0.25) is 4.79 Å². The summed E-state index contributed by atoms with van der Waals surface area (Å²) in [6.07, 6.45) is -3.59. The van der Waals surface area contributed by atoms with Gasteiger partial charge in [0.25, 0.3) is 6.43 Å². The van der Waals surface area contributed by atoms with Crippen LogP contribution in [-0.4, -0.2) is 42.9 Å². The molecule has 7 nitrogen and oxygen atoms in total. The van der Waals surface area contributed by atoms with Gasteiger partial charge in [0.1, 0.15) is 24.1 Å². The second kappa shape index (κ2) is 10.7. The molecule has 0 amide bonds. The number of hydrogen-bond donors (Lipinski definition) is 1. The number of aromatic nitrogens is 2. The maximum atomic E-state index is 14.7. The fraction of sp³-hybridized carbons (Fsp3) is 0.476. The fourth-order valence-corrected chi connectivity index (χ4v) is 3.37. The third-order valence-corrected chi connectivity index (χ3v) is 4.87. The van der Waals surface area contributed by atoms with E-state index in [-0.39, 0.29) is 34.9 Å². The van der Waals surface area contributed by atoms with Gasteiger partial charge in [-0.2, -0.15) is 0 Å². The standard InChI is InChI=1S/C21H23F4N3O4/c1-11-26-14(9-16(29)30-2)17(21-31-7-4-8-32-21)20(27-11)28-15(10-22)12-5-3-6-13(18(12)23)19(24)25/h3,5-6,15,19,21H,4,7-10H2,1-2H3,(H,26,27,28)/t15-/m1/s1. The minimum atomic E-state index is -3.05. The summed E-state index contributed by atoms with van der Waals surface area (Å²) < 4.78 is 70.9. The van der Waals surface area contributed by atoms with Crippen LogP contribution in [-0.2, 0) is 25.4 Å². The average molecular weight is 457 g/mol. The van der Waals surface area contributed by atoms with Gasteiger partial charge >= 0.3 is 5.97 Å². The van der Waals surface area contributed by atoms with Crippen molar-refractivity contribution >= 4 is 11.8 Å². The predicted octanol–water partition coefficient (Wildman–Crippen LogP) is 4.14. The van der Waals surface area contributed by atoms with Crippen LogP contribution in [0.15, 0.2) is 18.2 Å². The number of nitrogens with zero attached hydrogens (tertiary/aromatic N) is 2. The fourth-order valence-electron chi connectivity index (χ4n) is 3.37. The minimum absolute atomic E-state index is 0.0489. The van der Waals surface area contributed by atoms with Crippen molar-refractivity contribution in [2.75, 3.05) is 32.3 Å². The van der Waals surface area contributed by atoms with Crippen LogP contribution < -0.4 is 5.32 Å². The number of aryl methyl sites for hydroxylation is 1. The zero-order valence-electron chi connectivity index (χ0n) is 17.5. The number of nitrogens with one attached hydrogen (secondary N) is 1. The van der Waals surface area contributed by atoms with Crippen LogP contribution in [0.2, 0.25) is 0 Å². The summed E-state index contributed by atoms with van der Waals surface area (Å²) in [7, 11) is 1.22. The third-order valence-electron chi connectivity index (χ3n) is 4.87. The van der Waals surface area contributed by atoms with Crippen molar-refractivity contribution in [2.45, 2.75) is 38.5 Å². The summed E-state index contributed by atoms with van der Waals surface area (Å²) in [5.74, 6) is -1.49. The molecule has 174 valence electrons. The van der Waals surface area contributed by atoms with Gasteiger partial charge in [-0.05, 0) is 13.3 Å². The highest BCUT2D eigenvalue weighted by atomic mass is 19.3. The van der Waals surface area contributed by atoms with Gasteiger partial charge in [0, 0.05) is 5.56 Å². The van der Waals surface area contributed by atoms with E-state index in [0.29, 0.717) is 19.6 Å². The second-order valence-electron chi connectivity index (χ2n) is 7.06. The number of rotatable bonds is 8. The average Bonchev–Trinajstić information content (AvgIpc) is 2.78. The summed E-state index contributed by atoms with van der Waals surface area (Å²) in [6.45, 7) is 1.17. The molecule has 1 aromatic heterocycles. The Kier molecular flexibility index (Phi) is 7.97. The quantitative estimate of drug-likeness (QED) is 0.471. The van der Waals surface area contributed by atoms with Crippen LogP contribution in [0.3, 0.4) is 0 Å². The first kappa shape index (κ1) is 23.9.